The minimum Gasteiger partial charge on any atom is -0.156 e. The second-order valence-corrected chi connectivity index (χ2v) is 4.61. The maximum Gasteiger partial charge on any atom is 0.546 e. The van der Waals surface area contributed by atoms with Gasteiger partial charge in [0, 0.05) is 11.6 Å². The van der Waals surface area contributed by atoms with E-state index in [1.54, 1.807) is 6.08 Å². The molecule has 0 radical (unpaired) electrons. The first-order valence-corrected chi connectivity index (χ1v) is 6.47. The SMILES string of the molecule is O=[P+](O)/C(=C/c1ccccc1)c1ccccc1. The Morgan fingerprint density at radius 2 is 1.47 bits per heavy atom. The molecule has 0 fully saturated rings. The molecule has 0 aromatic heterocycles. The van der Waals surface area contributed by atoms with Crippen molar-refractivity contribution in [2.75, 3.05) is 0 Å². The number of rotatable bonds is 3. The van der Waals surface area contributed by atoms with E-state index in [4.69, 9.17) is 0 Å². The summed E-state index contributed by atoms with van der Waals surface area (Å²) in [5.41, 5.74) is 1.70. The first kappa shape index (κ1) is 11.7. The van der Waals surface area contributed by atoms with Crippen LogP contribution in [0.4, 0.5) is 0 Å². The summed E-state index contributed by atoms with van der Waals surface area (Å²) in [6, 6.07) is 18.8. The second kappa shape index (κ2) is 5.53. The van der Waals surface area contributed by atoms with E-state index in [2.05, 4.69) is 0 Å². The van der Waals surface area contributed by atoms with Gasteiger partial charge in [-0.1, -0.05) is 60.7 Å². The van der Waals surface area contributed by atoms with Crippen LogP contribution in [0.5, 0.6) is 0 Å². The first-order chi connectivity index (χ1) is 8.27. The molecular formula is C14H12O2P+. The lowest BCUT2D eigenvalue weighted by Crippen LogP contribution is -1.80. The number of benzene rings is 2. The van der Waals surface area contributed by atoms with E-state index in [1.165, 1.54) is 0 Å². The quantitative estimate of drug-likeness (QED) is 0.655. The molecule has 0 heterocycles. The molecule has 2 aromatic rings. The van der Waals surface area contributed by atoms with Gasteiger partial charge in [0.05, 0.1) is 0 Å². The van der Waals surface area contributed by atoms with Crippen molar-refractivity contribution in [3.63, 3.8) is 0 Å². The van der Waals surface area contributed by atoms with Crippen molar-refractivity contribution in [1.82, 2.24) is 0 Å². The molecule has 1 atom stereocenters. The van der Waals surface area contributed by atoms with Crippen LogP contribution in [0.1, 0.15) is 11.1 Å². The van der Waals surface area contributed by atoms with Gasteiger partial charge in [-0.05, 0) is 10.1 Å². The van der Waals surface area contributed by atoms with Crippen LogP contribution < -0.4 is 0 Å². The van der Waals surface area contributed by atoms with E-state index in [0.29, 0.717) is 5.31 Å². The third kappa shape index (κ3) is 3.10. The molecule has 0 aliphatic heterocycles. The summed E-state index contributed by atoms with van der Waals surface area (Å²) >= 11 is 0. The Morgan fingerprint density at radius 3 is 2.00 bits per heavy atom. The van der Waals surface area contributed by atoms with Gasteiger partial charge in [-0.3, -0.25) is 0 Å². The van der Waals surface area contributed by atoms with E-state index >= 15 is 0 Å². The average Bonchev–Trinajstić information content (AvgIpc) is 2.38. The van der Waals surface area contributed by atoms with Gasteiger partial charge in [0.2, 0.25) is 5.31 Å². The highest BCUT2D eigenvalue weighted by Gasteiger charge is 2.22. The molecule has 1 unspecified atom stereocenters. The number of hydrogen-bond acceptors (Lipinski definition) is 1. The van der Waals surface area contributed by atoms with Crippen LogP contribution in [0.2, 0.25) is 0 Å². The highest BCUT2D eigenvalue weighted by Crippen LogP contribution is 2.37. The molecule has 0 aliphatic rings. The number of hydrogen-bond donors (Lipinski definition) is 1. The zero-order chi connectivity index (χ0) is 12.1. The van der Waals surface area contributed by atoms with Gasteiger partial charge < -0.3 is 0 Å². The Morgan fingerprint density at radius 1 is 0.941 bits per heavy atom. The Balaban J connectivity index is 2.44. The minimum absolute atomic E-state index is 0.451. The van der Waals surface area contributed by atoms with Crippen molar-refractivity contribution < 1.29 is 9.46 Å². The lowest BCUT2D eigenvalue weighted by Gasteiger charge is -1.95. The van der Waals surface area contributed by atoms with Crippen LogP contribution in [0.3, 0.4) is 0 Å². The molecule has 2 nitrogen and oxygen atoms in total. The van der Waals surface area contributed by atoms with Crippen molar-refractivity contribution in [3.05, 3.63) is 71.8 Å². The fourth-order valence-corrected chi connectivity index (χ4v) is 2.19. The molecule has 0 saturated heterocycles. The van der Waals surface area contributed by atoms with Gasteiger partial charge in [0.1, 0.15) is 0 Å². The van der Waals surface area contributed by atoms with Crippen LogP contribution in [0, 0.1) is 0 Å². The molecule has 0 spiro atoms. The van der Waals surface area contributed by atoms with Gasteiger partial charge in [0.25, 0.3) is 0 Å². The molecule has 0 saturated carbocycles. The van der Waals surface area contributed by atoms with Gasteiger partial charge in [-0.25, -0.2) is 0 Å². The molecule has 84 valence electrons. The van der Waals surface area contributed by atoms with Crippen LogP contribution in [-0.2, 0) is 4.57 Å². The zero-order valence-electron chi connectivity index (χ0n) is 9.15. The summed E-state index contributed by atoms with van der Waals surface area (Å²) in [6.07, 6.45) is 1.74. The minimum atomic E-state index is -2.35. The Hall–Kier alpha value is -1.76. The Labute approximate surface area is 101 Å². The smallest absolute Gasteiger partial charge is 0.156 e. The largest absolute Gasteiger partial charge is 0.546 e. The molecule has 0 amide bonds. The van der Waals surface area contributed by atoms with Gasteiger partial charge in [-0.15, -0.1) is 0 Å². The first-order valence-electron chi connectivity index (χ1n) is 5.25. The van der Waals surface area contributed by atoms with Crippen LogP contribution >= 0.6 is 8.03 Å². The van der Waals surface area contributed by atoms with Crippen LogP contribution in [-0.4, -0.2) is 4.89 Å². The lowest BCUT2D eigenvalue weighted by atomic mass is 10.1. The predicted octanol–water partition coefficient (Wildman–Crippen LogP) is 3.92. The van der Waals surface area contributed by atoms with E-state index in [9.17, 15) is 9.46 Å². The van der Waals surface area contributed by atoms with Crippen molar-refractivity contribution in [2.45, 2.75) is 0 Å². The molecule has 2 rings (SSSR count). The average molecular weight is 243 g/mol. The normalized spacial score (nSPS) is 12.3. The Bertz CT molecular complexity index is 533. The lowest BCUT2D eigenvalue weighted by molar-refractivity contribution is 0.514. The third-order valence-corrected chi connectivity index (χ3v) is 3.18. The van der Waals surface area contributed by atoms with E-state index in [1.807, 2.05) is 60.7 Å². The summed E-state index contributed by atoms with van der Waals surface area (Å²) in [7, 11) is -2.35. The molecule has 1 N–H and O–H groups in total. The molecule has 3 heteroatoms. The van der Waals surface area contributed by atoms with Gasteiger partial charge >= 0.3 is 8.03 Å². The maximum absolute atomic E-state index is 11.4. The standard InChI is InChI=1S/C14H11O2P/c15-17(16)14(13-9-5-2-6-10-13)11-12-7-3-1-4-8-12/h1-11H/p+1/b14-11+. The monoisotopic (exact) mass is 243 g/mol. The molecule has 0 aliphatic carbocycles. The van der Waals surface area contributed by atoms with E-state index < -0.39 is 8.03 Å². The zero-order valence-corrected chi connectivity index (χ0v) is 10.0. The van der Waals surface area contributed by atoms with E-state index in [0.717, 1.165) is 11.1 Å². The van der Waals surface area contributed by atoms with Crippen LogP contribution in [0.15, 0.2) is 60.7 Å². The molecule has 0 bridgehead atoms. The summed E-state index contributed by atoms with van der Waals surface area (Å²) in [5.74, 6) is 0. The van der Waals surface area contributed by atoms with E-state index in [-0.39, 0.29) is 0 Å². The predicted molar refractivity (Wildman–Crippen MR) is 70.6 cm³/mol. The second-order valence-electron chi connectivity index (χ2n) is 3.58. The van der Waals surface area contributed by atoms with Crippen molar-refractivity contribution in [1.29, 1.82) is 0 Å². The fourth-order valence-electron chi connectivity index (χ4n) is 1.57. The molecule has 17 heavy (non-hydrogen) atoms. The summed E-state index contributed by atoms with van der Waals surface area (Å²) in [6.45, 7) is 0. The van der Waals surface area contributed by atoms with Crippen molar-refractivity contribution in [3.8, 4) is 0 Å². The maximum atomic E-state index is 11.4. The van der Waals surface area contributed by atoms with Crippen molar-refractivity contribution >= 4 is 19.4 Å². The molecule has 2 aromatic carbocycles. The summed E-state index contributed by atoms with van der Waals surface area (Å²) in [5, 5.41) is 0.451. The van der Waals surface area contributed by atoms with Gasteiger partial charge in [0.15, 0.2) is 0 Å². The van der Waals surface area contributed by atoms with Crippen molar-refractivity contribution in [2.24, 2.45) is 0 Å². The van der Waals surface area contributed by atoms with Gasteiger partial charge in [-0.2, -0.15) is 4.89 Å². The summed E-state index contributed by atoms with van der Waals surface area (Å²) in [4.78, 5) is 9.37. The summed E-state index contributed by atoms with van der Waals surface area (Å²) < 4.78 is 11.4. The fraction of sp³-hybridized carbons (Fsp3) is 0. The molecular weight excluding hydrogens is 231 g/mol. The van der Waals surface area contributed by atoms with Crippen LogP contribution in [0.25, 0.3) is 11.4 Å². The highest BCUT2D eigenvalue weighted by molar-refractivity contribution is 7.51. The topological polar surface area (TPSA) is 37.3 Å². The highest BCUT2D eigenvalue weighted by atomic mass is 31.1. The Kier molecular flexibility index (Phi) is 3.81. The third-order valence-electron chi connectivity index (χ3n) is 2.38.